The fraction of sp³-hybridized carbons (Fsp3) is 0.680. The highest BCUT2D eigenvalue weighted by molar-refractivity contribution is 6.30. The second kappa shape index (κ2) is 6.13. The van der Waals surface area contributed by atoms with Gasteiger partial charge < -0.3 is 0 Å². The number of halogens is 1. The zero-order chi connectivity index (χ0) is 17.9. The summed E-state index contributed by atoms with van der Waals surface area (Å²) in [6.45, 7) is 5.26. The maximum absolute atomic E-state index is 6.16. The van der Waals surface area contributed by atoms with Gasteiger partial charge >= 0.3 is 0 Å². The lowest BCUT2D eigenvalue weighted by atomic mass is 9.47. The smallest absolute Gasteiger partial charge is 0.0406 e. The van der Waals surface area contributed by atoms with Crippen LogP contribution in [0.25, 0.3) is 0 Å². The van der Waals surface area contributed by atoms with Crippen molar-refractivity contribution in [2.24, 2.45) is 28.6 Å². The minimum absolute atomic E-state index is 0.491. The van der Waals surface area contributed by atoms with E-state index in [1.165, 1.54) is 63.4 Å². The molecule has 0 nitrogen and oxygen atoms in total. The van der Waals surface area contributed by atoms with Crippen LogP contribution in [-0.2, 0) is 0 Å². The molecule has 0 radical (unpaired) electrons. The molecule has 0 spiro atoms. The van der Waals surface area contributed by atoms with E-state index in [9.17, 15) is 0 Å². The maximum atomic E-state index is 6.16. The van der Waals surface area contributed by atoms with Crippen LogP contribution in [0.5, 0.6) is 0 Å². The van der Waals surface area contributed by atoms with Gasteiger partial charge in [-0.05, 0) is 104 Å². The van der Waals surface area contributed by atoms with Gasteiger partial charge in [-0.1, -0.05) is 55.7 Å². The van der Waals surface area contributed by atoms with Gasteiger partial charge in [0.15, 0.2) is 0 Å². The summed E-state index contributed by atoms with van der Waals surface area (Å²) in [7, 11) is 0. The van der Waals surface area contributed by atoms with Gasteiger partial charge in [0.2, 0.25) is 0 Å². The monoisotopic (exact) mass is 368 g/mol. The fourth-order valence-corrected chi connectivity index (χ4v) is 8.07. The van der Waals surface area contributed by atoms with Crippen molar-refractivity contribution < 1.29 is 0 Å². The molecule has 1 heteroatoms. The van der Waals surface area contributed by atoms with Gasteiger partial charge in [-0.3, -0.25) is 0 Å². The average Bonchev–Trinajstić information content (AvgIpc) is 2.99. The van der Waals surface area contributed by atoms with Gasteiger partial charge in [-0.2, -0.15) is 0 Å². The highest BCUT2D eigenvalue weighted by Gasteiger charge is 2.58. The third-order valence-electron chi connectivity index (χ3n) is 9.29. The molecule has 0 unspecified atom stereocenters. The highest BCUT2D eigenvalue weighted by atomic mass is 35.5. The minimum atomic E-state index is 0.491. The van der Waals surface area contributed by atoms with Crippen LogP contribution in [0.3, 0.4) is 0 Å². The first-order chi connectivity index (χ1) is 12.5. The molecule has 5 rings (SSSR count). The van der Waals surface area contributed by atoms with Crippen LogP contribution in [-0.4, -0.2) is 0 Å². The molecule has 3 fully saturated rings. The molecule has 6 atom stereocenters. The molecule has 0 amide bonds. The van der Waals surface area contributed by atoms with Crippen LogP contribution < -0.4 is 0 Å². The van der Waals surface area contributed by atoms with Crippen molar-refractivity contribution in [3.63, 3.8) is 0 Å². The van der Waals surface area contributed by atoms with Crippen LogP contribution in [0.1, 0.15) is 83.1 Å². The molecule has 0 saturated heterocycles. The summed E-state index contributed by atoms with van der Waals surface area (Å²) in [6.07, 6.45) is 15.5. The SMILES string of the molecule is C[C@]12CC[C@H]3[C@@H](CC=C4CCCC[C@@]43C)[C@@H]1CC[C@@H]2c1ccc(Cl)cc1. The van der Waals surface area contributed by atoms with E-state index in [4.69, 9.17) is 11.6 Å². The topological polar surface area (TPSA) is 0 Å². The van der Waals surface area contributed by atoms with Crippen molar-refractivity contribution in [3.05, 3.63) is 46.5 Å². The summed E-state index contributed by atoms with van der Waals surface area (Å²) in [5.41, 5.74) is 4.39. The van der Waals surface area contributed by atoms with Crippen molar-refractivity contribution in [1.29, 1.82) is 0 Å². The van der Waals surface area contributed by atoms with E-state index in [0.717, 1.165) is 28.7 Å². The zero-order valence-corrected chi connectivity index (χ0v) is 17.2. The van der Waals surface area contributed by atoms with Crippen LogP contribution in [0, 0.1) is 28.6 Å². The molecule has 140 valence electrons. The molecule has 1 aromatic carbocycles. The number of hydrogen-bond donors (Lipinski definition) is 0. The van der Waals surface area contributed by atoms with E-state index in [-0.39, 0.29) is 0 Å². The molecular weight excluding hydrogens is 336 g/mol. The molecular formula is C25H33Cl. The number of hydrogen-bond acceptors (Lipinski definition) is 0. The van der Waals surface area contributed by atoms with Gasteiger partial charge in [0.25, 0.3) is 0 Å². The molecule has 0 aromatic heterocycles. The Morgan fingerprint density at radius 1 is 0.923 bits per heavy atom. The third-order valence-corrected chi connectivity index (χ3v) is 9.54. The Hall–Kier alpha value is -0.750. The quantitative estimate of drug-likeness (QED) is 0.444. The van der Waals surface area contributed by atoms with Crippen LogP contribution in [0.4, 0.5) is 0 Å². The van der Waals surface area contributed by atoms with E-state index < -0.39 is 0 Å². The third kappa shape index (κ3) is 2.40. The van der Waals surface area contributed by atoms with Crippen LogP contribution in [0.15, 0.2) is 35.9 Å². The van der Waals surface area contributed by atoms with Gasteiger partial charge in [-0.25, -0.2) is 0 Å². The van der Waals surface area contributed by atoms with E-state index in [0.29, 0.717) is 10.8 Å². The number of fused-ring (bicyclic) bond motifs is 5. The Labute approximate surface area is 164 Å². The minimum Gasteiger partial charge on any atom is -0.0845 e. The summed E-state index contributed by atoms with van der Waals surface area (Å²) >= 11 is 6.16. The van der Waals surface area contributed by atoms with Gasteiger partial charge in [-0.15, -0.1) is 0 Å². The lowest BCUT2D eigenvalue weighted by molar-refractivity contribution is -0.0307. The van der Waals surface area contributed by atoms with Crippen molar-refractivity contribution in [3.8, 4) is 0 Å². The molecule has 0 bridgehead atoms. The maximum Gasteiger partial charge on any atom is 0.0406 e. The average molecular weight is 369 g/mol. The standard InChI is InChI=1S/C25H33Cl/c1-24-15-4-3-5-18(24)8-11-20-22-13-12-21(17-6-9-19(26)10-7-17)25(22,2)16-14-23(20)24/h6-10,20-23H,3-5,11-16H2,1-2H3/t20-,21+,22-,23-,24-,25+/m0/s1. The van der Waals surface area contributed by atoms with Gasteiger partial charge in [0.05, 0.1) is 0 Å². The molecule has 0 heterocycles. The first-order valence-corrected chi connectivity index (χ1v) is 11.4. The molecule has 4 aliphatic carbocycles. The number of rotatable bonds is 1. The number of allylic oxidation sites excluding steroid dienone is 2. The second-order valence-electron chi connectivity index (χ2n) is 10.2. The Balaban J connectivity index is 1.47. The molecule has 0 N–H and O–H groups in total. The number of benzene rings is 1. The predicted molar refractivity (Wildman–Crippen MR) is 111 cm³/mol. The van der Waals surface area contributed by atoms with E-state index in [1.54, 1.807) is 0 Å². The Bertz CT molecular complexity index is 716. The first kappa shape index (κ1) is 17.4. The molecule has 0 aliphatic heterocycles. The van der Waals surface area contributed by atoms with Gasteiger partial charge in [0.1, 0.15) is 0 Å². The van der Waals surface area contributed by atoms with Crippen molar-refractivity contribution in [2.75, 3.05) is 0 Å². The first-order valence-electron chi connectivity index (χ1n) is 11.0. The summed E-state index contributed by atoms with van der Waals surface area (Å²) in [4.78, 5) is 0. The summed E-state index contributed by atoms with van der Waals surface area (Å²) in [5, 5.41) is 0.868. The summed E-state index contributed by atoms with van der Waals surface area (Å²) in [6, 6.07) is 8.79. The predicted octanol–water partition coefficient (Wildman–Crippen LogP) is 7.78. The molecule has 1 aromatic rings. The molecule has 4 aliphatic rings. The Morgan fingerprint density at radius 2 is 1.73 bits per heavy atom. The largest absolute Gasteiger partial charge is 0.0845 e. The van der Waals surface area contributed by atoms with Crippen LogP contribution >= 0.6 is 11.6 Å². The Kier molecular flexibility index (Phi) is 4.09. The second-order valence-corrected chi connectivity index (χ2v) is 10.6. The summed E-state index contributed by atoms with van der Waals surface area (Å²) in [5.74, 6) is 3.52. The van der Waals surface area contributed by atoms with Gasteiger partial charge in [0, 0.05) is 5.02 Å². The lowest BCUT2D eigenvalue weighted by Gasteiger charge is -2.57. The Morgan fingerprint density at radius 3 is 2.54 bits per heavy atom. The molecule has 26 heavy (non-hydrogen) atoms. The van der Waals surface area contributed by atoms with Crippen molar-refractivity contribution in [1.82, 2.24) is 0 Å². The van der Waals surface area contributed by atoms with E-state index in [2.05, 4.69) is 44.2 Å². The summed E-state index contributed by atoms with van der Waals surface area (Å²) < 4.78 is 0. The van der Waals surface area contributed by atoms with E-state index in [1.807, 2.05) is 5.57 Å². The lowest BCUT2D eigenvalue weighted by Crippen LogP contribution is -2.49. The molecule has 3 saturated carbocycles. The fourth-order valence-electron chi connectivity index (χ4n) is 7.94. The zero-order valence-electron chi connectivity index (χ0n) is 16.4. The van der Waals surface area contributed by atoms with Crippen molar-refractivity contribution >= 4 is 11.6 Å². The van der Waals surface area contributed by atoms with E-state index >= 15 is 0 Å². The van der Waals surface area contributed by atoms with Crippen molar-refractivity contribution in [2.45, 2.75) is 77.6 Å². The normalized spacial score (nSPS) is 44.7. The highest BCUT2D eigenvalue weighted by Crippen LogP contribution is 2.67. The van der Waals surface area contributed by atoms with Crippen LogP contribution in [0.2, 0.25) is 5.02 Å².